The van der Waals surface area contributed by atoms with E-state index < -0.39 is 5.41 Å². The molecule has 0 radical (unpaired) electrons. The molecule has 0 bridgehead atoms. The van der Waals surface area contributed by atoms with Gasteiger partial charge >= 0.3 is 0 Å². The molecule has 110 valence electrons. The molecule has 1 aromatic rings. The standard InChI is InChI=1S/C16H24N2O2/c1-2-20-13-12-18-15(19)16(8-10-17-11-9-16)14-6-4-3-5-7-14/h3-7,17H,2,8-13H2,1H3,(H,18,19). The van der Waals surface area contributed by atoms with E-state index >= 15 is 0 Å². The minimum atomic E-state index is -0.390. The van der Waals surface area contributed by atoms with Crippen molar-refractivity contribution in [3.05, 3.63) is 35.9 Å². The minimum Gasteiger partial charge on any atom is -0.380 e. The van der Waals surface area contributed by atoms with E-state index in [1.807, 2.05) is 25.1 Å². The minimum absolute atomic E-state index is 0.130. The van der Waals surface area contributed by atoms with Gasteiger partial charge in [-0.25, -0.2) is 0 Å². The molecule has 1 fully saturated rings. The van der Waals surface area contributed by atoms with Gasteiger partial charge in [-0.3, -0.25) is 4.79 Å². The van der Waals surface area contributed by atoms with Crippen LogP contribution in [0.1, 0.15) is 25.3 Å². The Morgan fingerprint density at radius 3 is 2.65 bits per heavy atom. The second-order valence-corrected chi connectivity index (χ2v) is 5.15. The van der Waals surface area contributed by atoms with Gasteiger partial charge in [0.05, 0.1) is 12.0 Å². The van der Waals surface area contributed by atoms with Crippen LogP contribution in [0.15, 0.2) is 30.3 Å². The molecule has 0 spiro atoms. The Bertz CT molecular complexity index is 414. The fourth-order valence-electron chi connectivity index (χ4n) is 2.81. The maximum absolute atomic E-state index is 12.7. The molecule has 1 saturated heterocycles. The number of rotatable bonds is 6. The summed E-state index contributed by atoms with van der Waals surface area (Å²) in [6, 6.07) is 10.1. The third kappa shape index (κ3) is 3.38. The van der Waals surface area contributed by atoms with Crippen LogP contribution >= 0.6 is 0 Å². The molecule has 20 heavy (non-hydrogen) atoms. The van der Waals surface area contributed by atoms with Gasteiger partial charge in [-0.15, -0.1) is 0 Å². The molecular formula is C16H24N2O2. The van der Waals surface area contributed by atoms with Crippen LogP contribution in [-0.4, -0.2) is 38.8 Å². The van der Waals surface area contributed by atoms with E-state index in [-0.39, 0.29) is 5.91 Å². The fourth-order valence-corrected chi connectivity index (χ4v) is 2.81. The SMILES string of the molecule is CCOCCNC(=O)C1(c2ccccc2)CCNCC1. The number of benzene rings is 1. The van der Waals surface area contributed by atoms with E-state index in [4.69, 9.17) is 4.74 Å². The Hall–Kier alpha value is -1.39. The first-order valence-corrected chi connectivity index (χ1v) is 7.42. The number of carbonyl (C=O) groups excluding carboxylic acids is 1. The average Bonchev–Trinajstić information content (AvgIpc) is 2.53. The Labute approximate surface area is 120 Å². The highest BCUT2D eigenvalue weighted by atomic mass is 16.5. The van der Waals surface area contributed by atoms with Crippen molar-refractivity contribution in [1.29, 1.82) is 0 Å². The second-order valence-electron chi connectivity index (χ2n) is 5.15. The molecule has 0 atom stereocenters. The zero-order valence-corrected chi connectivity index (χ0v) is 12.2. The van der Waals surface area contributed by atoms with E-state index in [9.17, 15) is 4.79 Å². The van der Waals surface area contributed by atoms with Gasteiger partial charge in [-0.1, -0.05) is 30.3 Å². The lowest BCUT2D eigenvalue weighted by molar-refractivity contribution is -0.128. The number of hydrogen-bond acceptors (Lipinski definition) is 3. The highest BCUT2D eigenvalue weighted by Gasteiger charge is 2.40. The van der Waals surface area contributed by atoms with E-state index in [0.29, 0.717) is 19.8 Å². The summed E-state index contributed by atoms with van der Waals surface area (Å²) < 4.78 is 5.28. The second kappa shape index (κ2) is 7.41. The predicted octanol–water partition coefficient (Wildman–Crippen LogP) is 1.46. The summed E-state index contributed by atoms with van der Waals surface area (Å²) in [5.41, 5.74) is 0.731. The van der Waals surface area contributed by atoms with Crippen molar-refractivity contribution in [2.75, 3.05) is 32.8 Å². The Morgan fingerprint density at radius 2 is 2.00 bits per heavy atom. The molecule has 2 N–H and O–H groups in total. The number of ether oxygens (including phenoxy) is 1. The van der Waals surface area contributed by atoms with Gasteiger partial charge in [0.25, 0.3) is 0 Å². The van der Waals surface area contributed by atoms with Gasteiger partial charge in [0.15, 0.2) is 0 Å². The summed E-state index contributed by atoms with van der Waals surface area (Å²) in [4.78, 5) is 12.7. The molecule has 0 aromatic heterocycles. The summed E-state index contributed by atoms with van der Waals surface area (Å²) >= 11 is 0. The highest BCUT2D eigenvalue weighted by Crippen LogP contribution is 2.33. The van der Waals surface area contributed by atoms with E-state index in [1.165, 1.54) is 0 Å². The highest BCUT2D eigenvalue weighted by molar-refractivity contribution is 5.88. The number of carbonyl (C=O) groups is 1. The van der Waals surface area contributed by atoms with Gasteiger partial charge in [-0.2, -0.15) is 0 Å². The fraction of sp³-hybridized carbons (Fsp3) is 0.562. The first-order chi connectivity index (χ1) is 9.79. The lowest BCUT2D eigenvalue weighted by Gasteiger charge is -2.36. The van der Waals surface area contributed by atoms with Crippen molar-refractivity contribution in [3.63, 3.8) is 0 Å². The Balaban J connectivity index is 2.09. The third-order valence-electron chi connectivity index (χ3n) is 3.95. The zero-order chi connectivity index (χ0) is 14.3. The molecule has 0 saturated carbocycles. The van der Waals surface area contributed by atoms with E-state index in [0.717, 1.165) is 31.5 Å². The molecule has 1 amide bonds. The van der Waals surface area contributed by atoms with Crippen molar-refractivity contribution in [2.45, 2.75) is 25.2 Å². The van der Waals surface area contributed by atoms with E-state index in [1.54, 1.807) is 0 Å². The largest absolute Gasteiger partial charge is 0.380 e. The van der Waals surface area contributed by atoms with Crippen LogP contribution in [0, 0.1) is 0 Å². The van der Waals surface area contributed by atoms with Gasteiger partial charge in [0, 0.05) is 13.2 Å². The molecule has 1 aliphatic heterocycles. The van der Waals surface area contributed by atoms with Gasteiger partial charge in [-0.05, 0) is 38.4 Å². The summed E-state index contributed by atoms with van der Waals surface area (Å²) in [7, 11) is 0. The first-order valence-electron chi connectivity index (χ1n) is 7.42. The van der Waals surface area contributed by atoms with Crippen molar-refractivity contribution >= 4 is 5.91 Å². The molecule has 0 aliphatic carbocycles. The first kappa shape index (κ1) is 15.0. The van der Waals surface area contributed by atoms with Crippen molar-refractivity contribution in [1.82, 2.24) is 10.6 Å². The van der Waals surface area contributed by atoms with Crippen LogP contribution in [0.5, 0.6) is 0 Å². The third-order valence-corrected chi connectivity index (χ3v) is 3.95. The molecule has 1 aromatic carbocycles. The van der Waals surface area contributed by atoms with Crippen LogP contribution in [-0.2, 0) is 14.9 Å². The maximum atomic E-state index is 12.7. The van der Waals surface area contributed by atoms with Crippen molar-refractivity contribution in [2.24, 2.45) is 0 Å². The summed E-state index contributed by atoms with van der Waals surface area (Å²) in [5, 5.41) is 6.37. The topological polar surface area (TPSA) is 50.4 Å². The van der Waals surface area contributed by atoms with Crippen LogP contribution < -0.4 is 10.6 Å². The van der Waals surface area contributed by atoms with Crippen LogP contribution in [0.25, 0.3) is 0 Å². The molecule has 4 nitrogen and oxygen atoms in total. The summed E-state index contributed by atoms with van der Waals surface area (Å²) in [6.07, 6.45) is 1.69. The van der Waals surface area contributed by atoms with Crippen LogP contribution in [0.2, 0.25) is 0 Å². The molecule has 2 rings (SSSR count). The molecule has 1 heterocycles. The predicted molar refractivity (Wildman–Crippen MR) is 79.7 cm³/mol. The Kier molecular flexibility index (Phi) is 5.56. The summed E-state index contributed by atoms with van der Waals surface area (Å²) in [6.45, 7) is 5.56. The van der Waals surface area contributed by atoms with Gasteiger partial charge in [0.1, 0.15) is 0 Å². The monoisotopic (exact) mass is 276 g/mol. The maximum Gasteiger partial charge on any atom is 0.230 e. The molecular weight excluding hydrogens is 252 g/mol. The number of nitrogens with one attached hydrogen (secondary N) is 2. The van der Waals surface area contributed by atoms with E-state index in [2.05, 4.69) is 22.8 Å². The lowest BCUT2D eigenvalue weighted by Crippen LogP contribution is -2.51. The number of amides is 1. The normalized spacial score (nSPS) is 17.6. The van der Waals surface area contributed by atoms with Gasteiger partial charge in [0.2, 0.25) is 5.91 Å². The van der Waals surface area contributed by atoms with Crippen molar-refractivity contribution < 1.29 is 9.53 Å². The molecule has 4 heteroatoms. The smallest absolute Gasteiger partial charge is 0.230 e. The number of piperidine rings is 1. The average molecular weight is 276 g/mol. The molecule has 1 aliphatic rings. The van der Waals surface area contributed by atoms with Crippen molar-refractivity contribution in [3.8, 4) is 0 Å². The van der Waals surface area contributed by atoms with Gasteiger partial charge < -0.3 is 15.4 Å². The number of hydrogen-bond donors (Lipinski definition) is 2. The van der Waals surface area contributed by atoms with Crippen LogP contribution in [0.3, 0.4) is 0 Å². The lowest BCUT2D eigenvalue weighted by atomic mass is 9.72. The quantitative estimate of drug-likeness (QED) is 0.773. The molecule has 0 unspecified atom stereocenters. The van der Waals surface area contributed by atoms with Crippen LogP contribution in [0.4, 0.5) is 0 Å². The zero-order valence-electron chi connectivity index (χ0n) is 12.2. The Morgan fingerprint density at radius 1 is 1.30 bits per heavy atom. The summed E-state index contributed by atoms with van der Waals surface area (Å²) in [5.74, 6) is 0.130.